The number of carbonyl (C=O) groups excluding carboxylic acids is 4. The first-order chi connectivity index (χ1) is 12.9. The summed E-state index contributed by atoms with van der Waals surface area (Å²) in [6.07, 6.45) is -1.63. The molecule has 0 radical (unpaired) electrons. The van der Waals surface area contributed by atoms with Crippen molar-refractivity contribution in [2.75, 3.05) is 6.54 Å². The van der Waals surface area contributed by atoms with Gasteiger partial charge in [-0.3, -0.25) is 19.3 Å². The van der Waals surface area contributed by atoms with E-state index in [0.717, 1.165) is 10.5 Å². The predicted molar refractivity (Wildman–Crippen MR) is 94.9 cm³/mol. The molecule has 0 fully saturated rings. The summed E-state index contributed by atoms with van der Waals surface area (Å²) in [5.41, 5.74) is 12.0. The highest BCUT2D eigenvalue weighted by Gasteiger charge is 2.37. The zero-order chi connectivity index (χ0) is 19.6. The number of imide groups is 1. The molecule has 1 heterocycles. The SMILES string of the molecule is NC(=O)O[C@@H](Cc1ccc(C(N)=O)cc1)CN1C(=O)c2ccccc2C1=O. The third-order valence-electron chi connectivity index (χ3n) is 4.25. The van der Waals surface area contributed by atoms with Crippen molar-refractivity contribution in [2.45, 2.75) is 12.5 Å². The zero-order valence-electron chi connectivity index (χ0n) is 14.3. The van der Waals surface area contributed by atoms with Crippen LogP contribution < -0.4 is 11.5 Å². The van der Waals surface area contributed by atoms with E-state index in [1.165, 1.54) is 0 Å². The maximum atomic E-state index is 12.5. The van der Waals surface area contributed by atoms with Gasteiger partial charge in [-0.05, 0) is 29.8 Å². The molecule has 0 aromatic heterocycles. The van der Waals surface area contributed by atoms with E-state index >= 15 is 0 Å². The van der Waals surface area contributed by atoms with Gasteiger partial charge in [-0.15, -0.1) is 0 Å². The van der Waals surface area contributed by atoms with Crippen LogP contribution in [0.1, 0.15) is 36.6 Å². The number of hydrogen-bond donors (Lipinski definition) is 2. The van der Waals surface area contributed by atoms with Gasteiger partial charge in [-0.25, -0.2) is 4.79 Å². The fourth-order valence-electron chi connectivity index (χ4n) is 2.98. The van der Waals surface area contributed by atoms with Crippen LogP contribution in [0.4, 0.5) is 4.79 Å². The third-order valence-corrected chi connectivity index (χ3v) is 4.25. The Hall–Kier alpha value is -3.68. The van der Waals surface area contributed by atoms with Crippen LogP contribution in [0.25, 0.3) is 0 Å². The summed E-state index contributed by atoms with van der Waals surface area (Å²) in [5.74, 6) is -1.45. The molecule has 2 aromatic carbocycles. The Morgan fingerprint density at radius 1 is 0.926 bits per heavy atom. The lowest BCUT2D eigenvalue weighted by atomic mass is 10.0. The molecule has 2 aromatic rings. The Balaban J connectivity index is 1.78. The lowest BCUT2D eigenvalue weighted by Crippen LogP contribution is -2.40. The summed E-state index contributed by atoms with van der Waals surface area (Å²) in [7, 11) is 0. The molecule has 0 saturated heterocycles. The second-order valence-corrected chi connectivity index (χ2v) is 6.09. The first-order valence-electron chi connectivity index (χ1n) is 8.17. The fourth-order valence-corrected chi connectivity index (χ4v) is 2.98. The average molecular weight is 367 g/mol. The Labute approximate surface area is 154 Å². The first-order valence-corrected chi connectivity index (χ1v) is 8.17. The number of ether oxygens (including phenoxy) is 1. The van der Waals surface area contributed by atoms with Crippen molar-refractivity contribution in [2.24, 2.45) is 11.5 Å². The molecule has 4 N–H and O–H groups in total. The van der Waals surface area contributed by atoms with Crippen molar-refractivity contribution >= 4 is 23.8 Å². The van der Waals surface area contributed by atoms with Gasteiger partial charge in [0, 0.05) is 12.0 Å². The van der Waals surface area contributed by atoms with Crippen LogP contribution in [-0.4, -0.2) is 41.4 Å². The Bertz CT molecular complexity index is 888. The van der Waals surface area contributed by atoms with Crippen molar-refractivity contribution in [1.82, 2.24) is 4.90 Å². The predicted octanol–water partition coefficient (Wildman–Crippen LogP) is 1.09. The Morgan fingerprint density at radius 2 is 1.48 bits per heavy atom. The minimum Gasteiger partial charge on any atom is -0.444 e. The lowest BCUT2D eigenvalue weighted by Gasteiger charge is -2.22. The summed E-state index contributed by atoms with van der Waals surface area (Å²) in [6, 6.07) is 12.9. The smallest absolute Gasteiger partial charge is 0.404 e. The van der Waals surface area contributed by atoms with E-state index in [-0.39, 0.29) is 13.0 Å². The number of nitrogens with zero attached hydrogens (tertiary/aromatic N) is 1. The van der Waals surface area contributed by atoms with E-state index in [1.54, 1.807) is 48.5 Å². The number of fused-ring (bicyclic) bond motifs is 1. The van der Waals surface area contributed by atoms with E-state index in [4.69, 9.17) is 16.2 Å². The molecular formula is C19H17N3O5. The van der Waals surface area contributed by atoms with E-state index < -0.39 is 29.9 Å². The average Bonchev–Trinajstić information content (AvgIpc) is 2.87. The number of carbonyl (C=O) groups is 4. The zero-order valence-corrected chi connectivity index (χ0v) is 14.3. The number of hydrogen-bond acceptors (Lipinski definition) is 5. The normalized spacial score (nSPS) is 14.0. The molecule has 8 heteroatoms. The highest BCUT2D eigenvalue weighted by atomic mass is 16.6. The first kappa shape index (κ1) is 18.1. The van der Waals surface area contributed by atoms with Crippen LogP contribution in [0.5, 0.6) is 0 Å². The number of amides is 4. The highest BCUT2D eigenvalue weighted by Crippen LogP contribution is 2.23. The Morgan fingerprint density at radius 3 is 1.96 bits per heavy atom. The van der Waals surface area contributed by atoms with Gasteiger partial charge in [0.2, 0.25) is 5.91 Å². The number of rotatable bonds is 6. The molecule has 0 saturated carbocycles. The van der Waals surface area contributed by atoms with Gasteiger partial charge in [0.1, 0.15) is 6.10 Å². The maximum absolute atomic E-state index is 12.5. The number of primary amides is 2. The third kappa shape index (κ3) is 3.79. The van der Waals surface area contributed by atoms with Crippen molar-refractivity contribution in [3.8, 4) is 0 Å². The van der Waals surface area contributed by atoms with Crippen molar-refractivity contribution in [1.29, 1.82) is 0 Å². The molecule has 1 aliphatic rings. The number of benzene rings is 2. The molecular weight excluding hydrogens is 350 g/mol. The molecule has 0 unspecified atom stereocenters. The minimum absolute atomic E-state index is 0.132. The van der Waals surface area contributed by atoms with E-state index in [0.29, 0.717) is 16.7 Å². The van der Waals surface area contributed by atoms with Crippen LogP contribution in [0, 0.1) is 0 Å². The van der Waals surface area contributed by atoms with Gasteiger partial charge in [0.15, 0.2) is 0 Å². The van der Waals surface area contributed by atoms with Crippen LogP contribution >= 0.6 is 0 Å². The van der Waals surface area contributed by atoms with Gasteiger partial charge >= 0.3 is 6.09 Å². The summed E-state index contributed by atoms with van der Waals surface area (Å²) in [5, 5.41) is 0. The molecule has 0 aliphatic carbocycles. The fraction of sp³-hybridized carbons (Fsp3) is 0.158. The van der Waals surface area contributed by atoms with Gasteiger partial charge in [0.05, 0.1) is 17.7 Å². The van der Waals surface area contributed by atoms with Crippen LogP contribution in [-0.2, 0) is 11.2 Å². The molecule has 4 amide bonds. The second-order valence-electron chi connectivity index (χ2n) is 6.09. The highest BCUT2D eigenvalue weighted by molar-refractivity contribution is 6.21. The van der Waals surface area contributed by atoms with Gasteiger partial charge in [-0.1, -0.05) is 24.3 Å². The molecule has 3 rings (SSSR count). The van der Waals surface area contributed by atoms with E-state index in [9.17, 15) is 19.2 Å². The molecule has 8 nitrogen and oxygen atoms in total. The summed E-state index contributed by atoms with van der Waals surface area (Å²) >= 11 is 0. The van der Waals surface area contributed by atoms with E-state index in [1.807, 2.05) is 0 Å². The topological polar surface area (TPSA) is 133 Å². The minimum atomic E-state index is -1.01. The summed E-state index contributed by atoms with van der Waals surface area (Å²) in [6.45, 7) is -0.132. The summed E-state index contributed by atoms with van der Waals surface area (Å²) < 4.78 is 5.09. The molecule has 138 valence electrons. The van der Waals surface area contributed by atoms with Crippen molar-refractivity contribution < 1.29 is 23.9 Å². The van der Waals surface area contributed by atoms with Crippen molar-refractivity contribution in [3.05, 3.63) is 70.8 Å². The Kier molecular flexibility index (Phi) is 4.89. The lowest BCUT2D eigenvalue weighted by molar-refractivity contribution is 0.0490. The molecule has 0 bridgehead atoms. The van der Waals surface area contributed by atoms with Crippen LogP contribution in [0.15, 0.2) is 48.5 Å². The molecule has 0 spiro atoms. The number of nitrogens with two attached hydrogens (primary N) is 2. The van der Waals surface area contributed by atoms with E-state index in [2.05, 4.69) is 0 Å². The maximum Gasteiger partial charge on any atom is 0.404 e. The molecule has 27 heavy (non-hydrogen) atoms. The molecule has 1 aliphatic heterocycles. The quantitative estimate of drug-likeness (QED) is 0.737. The van der Waals surface area contributed by atoms with Crippen LogP contribution in [0.2, 0.25) is 0 Å². The molecule has 1 atom stereocenters. The van der Waals surface area contributed by atoms with Gasteiger partial charge in [-0.2, -0.15) is 0 Å². The second kappa shape index (κ2) is 7.28. The summed E-state index contributed by atoms with van der Waals surface area (Å²) in [4.78, 5) is 48.4. The standard InChI is InChI=1S/C19H17N3O5/c20-16(23)12-7-5-11(6-8-12)9-13(27-19(21)26)10-22-17(24)14-3-1-2-4-15(14)18(22)25/h1-8,13H,9-10H2,(H2,20,23)(H2,21,26)/t13-/m0/s1. The van der Waals surface area contributed by atoms with Crippen LogP contribution in [0.3, 0.4) is 0 Å². The van der Waals surface area contributed by atoms with Gasteiger partial charge in [0.25, 0.3) is 11.8 Å². The van der Waals surface area contributed by atoms with Crippen molar-refractivity contribution in [3.63, 3.8) is 0 Å². The largest absolute Gasteiger partial charge is 0.444 e. The van der Waals surface area contributed by atoms with Gasteiger partial charge < -0.3 is 16.2 Å². The monoisotopic (exact) mass is 367 g/mol.